The molecule has 0 unspecified atom stereocenters. The third-order valence-electron chi connectivity index (χ3n) is 4.45. The van der Waals surface area contributed by atoms with Crippen LogP contribution in [0.5, 0.6) is 0 Å². The number of carbonyl (C=O) groups excluding carboxylic acids is 1. The molecule has 26 heavy (non-hydrogen) atoms. The zero-order valence-electron chi connectivity index (χ0n) is 16.0. The Balaban J connectivity index is 1.71. The third kappa shape index (κ3) is 4.31. The van der Waals surface area contributed by atoms with Gasteiger partial charge in [-0.1, -0.05) is 12.1 Å². The van der Waals surface area contributed by atoms with E-state index in [1.807, 2.05) is 20.8 Å². The first kappa shape index (κ1) is 18.2. The molecule has 1 amide bonds. The molecule has 0 spiro atoms. The quantitative estimate of drug-likeness (QED) is 0.915. The smallest absolute Gasteiger partial charge is 0.270 e. The molecule has 0 bridgehead atoms. The van der Waals surface area contributed by atoms with Crippen molar-refractivity contribution >= 4 is 17.4 Å². The maximum atomic E-state index is 12.3. The summed E-state index contributed by atoms with van der Waals surface area (Å²) in [5.41, 5.74) is 2.97. The minimum Gasteiger partial charge on any atom is -0.368 e. The Bertz CT molecular complexity index is 782. The van der Waals surface area contributed by atoms with Gasteiger partial charge in [0.05, 0.1) is 0 Å². The standard InChI is InChI=1S/C20H27N5O/c1-14(2)21-20(26)18-13-19(23-16(4)22-18)25-10-8-24(9-11-25)17-7-5-6-15(3)12-17/h5-7,12-14H,8-11H2,1-4H3,(H,21,26). The van der Waals surface area contributed by atoms with E-state index in [2.05, 4.69) is 56.3 Å². The lowest BCUT2D eigenvalue weighted by molar-refractivity contribution is 0.0937. The van der Waals surface area contributed by atoms with Gasteiger partial charge in [-0.3, -0.25) is 4.79 Å². The Hall–Kier alpha value is -2.63. The fourth-order valence-electron chi connectivity index (χ4n) is 3.18. The summed E-state index contributed by atoms with van der Waals surface area (Å²) in [5.74, 6) is 1.30. The first-order valence-corrected chi connectivity index (χ1v) is 9.15. The van der Waals surface area contributed by atoms with Crippen molar-refractivity contribution in [1.82, 2.24) is 15.3 Å². The van der Waals surface area contributed by atoms with Crippen LogP contribution in [0.3, 0.4) is 0 Å². The minimum atomic E-state index is -0.148. The number of aromatic nitrogens is 2. The molecule has 2 aromatic rings. The van der Waals surface area contributed by atoms with E-state index < -0.39 is 0 Å². The zero-order valence-corrected chi connectivity index (χ0v) is 16.0. The highest BCUT2D eigenvalue weighted by molar-refractivity contribution is 5.93. The maximum absolute atomic E-state index is 12.3. The SMILES string of the molecule is Cc1cccc(N2CCN(c3cc(C(=O)NC(C)C)nc(C)n3)CC2)c1. The first-order chi connectivity index (χ1) is 12.4. The van der Waals surface area contributed by atoms with Crippen LogP contribution in [0, 0.1) is 13.8 Å². The molecule has 1 aliphatic heterocycles. The summed E-state index contributed by atoms with van der Waals surface area (Å²) in [5, 5.41) is 2.89. The highest BCUT2D eigenvalue weighted by atomic mass is 16.1. The summed E-state index contributed by atoms with van der Waals surface area (Å²) >= 11 is 0. The Morgan fingerprint density at radius 1 is 1.04 bits per heavy atom. The van der Waals surface area contributed by atoms with Crippen LogP contribution in [0.4, 0.5) is 11.5 Å². The van der Waals surface area contributed by atoms with E-state index >= 15 is 0 Å². The van der Waals surface area contributed by atoms with Crippen molar-refractivity contribution in [3.8, 4) is 0 Å². The zero-order chi connectivity index (χ0) is 18.7. The Morgan fingerprint density at radius 2 is 1.73 bits per heavy atom. The van der Waals surface area contributed by atoms with Crippen LogP contribution in [0.15, 0.2) is 30.3 Å². The van der Waals surface area contributed by atoms with Crippen molar-refractivity contribution in [2.75, 3.05) is 36.0 Å². The lowest BCUT2D eigenvalue weighted by Crippen LogP contribution is -2.47. The van der Waals surface area contributed by atoms with E-state index in [1.165, 1.54) is 11.3 Å². The second kappa shape index (κ2) is 7.72. The van der Waals surface area contributed by atoms with Crippen LogP contribution in [0.2, 0.25) is 0 Å². The third-order valence-corrected chi connectivity index (χ3v) is 4.45. The Labute approximate surface area is 155 Å². The van der Waals surface area contributed by atoms with E-state index in [9.17, 15) is 4.79 Å². The van der Waals surface area contributed by atoms with Gasteiger partial charge in [0.15, 0.2) is 0 Å². The largest absolute Gasteiger partial charge is 0.368 e. The van der Waals surface area contributed by atoms with Gasteiger partial charge >= 0.3 is 0 Å². The van der Waals surface area contributed by atoms with Crippen molar-refractivity contribution in [2.45, 2.75) is 33.7 Å². The van der Waals surface area contributed by atoms with E-state index in [4.69, 9.17) is 0 Å². The van der Waals surface area contributed by atoms with E-state index in [1.54, 1.807) is 6.07 Å². The van der Waals surface area contributed by atoms with Gasteiger partial charge in [-0.25, -0.2) is 9.97 Å². The predicted molar refractivity (Wildman–Crippen MR) is 105 cm³/mol. The summed E-state index contributed by atoms with van der Waals surface area (Å²) in [4.78, 5) is 25.7. The van der Waals surface area contributed by atoms with Crippen LogP contribution < -0.4 is 15.1 Å². The van der Waals surface area contributed by atoms with E-state index in [0.717, 1.165) is 32.0 Å². The molecule has 6 heteroatoms. The molecular weight excluding hydrogens is 326 g/mol. The molecular formula is C20H27N5O. The number of hydrogen-bond acceptors (Lipinski definition) is 5. The average Bonchev–Trinajstić information content (AvgIpc) is 2.61. The van der Waals surface area contributed by atoms with Crippen molar-refractivity contribution in [3.63, 3.8) is 0 Å². The number of rotatable bonds is 4. The first-order valence-electron chi connectivity index (χ1n) is 9.15. The Morgan fingerprint density at radius 3 is 2.38 bits per heavy atom. The number of aryl methyl sites for hydroxylation is 2. The fourth-order valence-corrected chi connectivity index (χ4v) is 3.18. The van der Waals surface area contributed by atoms with Gasteiger partial charge in [-0.2, -0.15) is 0 Å². The van der Waals surface area contributed by atoms with Crippen LogP contribution in [-0.2, 0) is 0 Å². The maximum Gasteiger partial charge on any atom is 0.270 e. The van der Waals surface area contributed by atoms with E-state index in [-0.39, 0.29) is 11.9 Å². The molecule has 3 rings (SSSR count). The number of nitrogens with zero attached hydrogens (tertiary/aromatic N) is 4. The number of hydrogen-bond donors (Lipinski definition) is 1. The van der Waals surface area contributed by atoms with Gasteiger partial charge < -0.3 is 15.1 Å². The monoisotopic (exact) mass is 353 g/mol. The summed E-state index contributed by atoms with van der Waals surface area (Å²) in [6.07, 6.45) is 0. The molecule has 0 atom stereocenters. The van der Waals surface area contributed by atoms with Crippen LogP contribution >= 0.6 is 0 Å². The molecule has 6 nitrogen and oxygen atoms in total. The van der Waals surface area contributed by atoms with Crippen LogP contribution in [-0.4, -0.2) is 48.1 Å². The van der Waals surface area contributed by atoms with Crippen molar-refractivity contribution in [3.05, 3.63) is 47.4 Å². The van der Waals surface area contributed by atoms with Gasteiger partial charge in [-0.05, 0) is 45.4 Å². The van der Waals surface area contributed by atoms with Crippen molar-refractivity contribution in [2.24, 2.45) is 0 Å². The van der Waals surface area contributed by atoms with Crippen LogP contribution in [0.1, 0.15) is 35.7 Å². The number of benzene rings is 1. The normalized spacial score (nSPS) is 14.7. The Kier molecular flexibility index (Phi) is 5.40. The molecule has 138 valence electrons. The second-order valence-corrected chi connectivity index (χ2v) is 7.10. The molecule has 2 heterocycles. The highest BCUT2D eigenvalue weighted by Gasteiger charge is 2.20. The minimum absolute atomic E-state index is 0.0825. The van der Waals surface area contributed by atoms with Gasteiger partial charge in [0, 0.05) is 44.0 Å². The molecule has 0 aliphatic carbocycles. The molecule has 1 aromatic heterocycles. The van der Waals surface area contributed by atoms with Gasteiger partial charge in [0.2, 0.25) is 0 Å². The number of nitrogens with one attached hydrogen (secondary N) is 1. The number of carbonyl (C=O) groups is 1. The molecule has 1 fully saturated rings. The number of piperazine rings is 1. The average molecular weight is 353 g/mol. The summed E-state index contributed by atoms with van der Waals surface area (Å²) in [7, 11) is 0. The molecule has 0 saturated carbocycles. The topological polar surface area (TPSA) is 61.4 Å². The second-order valence-electron chi connectivity index (χ2n) is 7.10. The molecule has 1 aliphatic rings. The summed E-state index contributed by atoms with van der Waals surface area (Å²) < 4.78 is 0. The number of amides is 1. The molecule has 1 N–H and O–H groups in total. The summed E-state index contributed by atoms with van der Waals surface area (Å²) in [6.45, 7) is 11.4. The molecule has 0 radical (unpaired) electrons. The van der Waals surface area contributed by atoms with Gasteiger partial charge in [0.1, 0.15) is 17.3 Å². The fraction of sp³-hybridized carbons (Fsp3) is 0.450. The van der Waals surface area contributed by atoms with Gasteiger partial charge in [0.25, 0.3) is 5.91 Å². The predicted octanol–water partition coefficient (Wildman–Crippen LogP) is 2.56. The number of anilines is 2. The van der Waals surface area contributed by atoms with Crippen LogP contribution in [0.25, 0.3) is 0 Å². The summed E-state index contributed by atoms with van der Waals surface area (Å²) in [6, 6.07) is 10.5. The van der Waals surface area contributed by atoms with Crippen molar-refractivity contribution in [1.29, 1.82) is 0 Å². The highest BCUT2D eigenvalue weighted by Crippen LogP contribution is 2.21. The molecule has 1 aromatic carbocycles. The van der Waals surface area contributed by atoms with Gasteiger partial charge in [-0.15, -0.1) is 0 Å². The lowest BCUT2D eigenvalue weighted by Gasteiger charge is -2.37. The lowest BCUT2D eigenvalue weighted by atomic mass is 10.2. The van der Waals surface area contributed by atoms with Crippen molar-refractivity contribution < 1.29 is 4.79 Å². The van der Waals surface area contributed by atoms with E-state index in [0.29, 0.717) is 11.5 Å². The molecule has 1 saturated heterocycles.